The Morgan fingerprint density at radius 2 is 2.03 bits per heavy atom. The Kier molecular flexibility index (Phi) is 5.32. The van der Waals surface area contributed by atoms with Crippen molar-refractivity contribution in [3.8, 4) is 11.3 Å². The lowest BCUT2D eigenvalue weighted by molar-refractivity contribution is 0.0698. The second-order valence-corrected chi connectivity index (χ2v) is 6.63. The van der Waals surface area contributed by atoms with Crippen LogP contribution in [-0.2, 0) is 11.3 Å². The third-order valence-electron chi connectivity index (χ3n) is 4.24. The number of fused-ring (bicyclic) bond motifs is 1. The number of halogens is 1. The summed E-state index contributed by atoms with van der Waals surface area (Å²) in [7, 11) is 0. The summed E-state index contributed by atoms with van der Waals surface area (Å²) in [6.07, 6.45) is 4.04. The Bertz CT molecular complexity index is 1240. The number of carboxylic acids is 1. The Balaban J connectivity index is 1.46. The molecule has 8 nitrogen and oxygen atoms in total. The molecule has 150 valence electrons. The van der Waals surface area contributed by atoms with Crippen LogP contribution in [0, 0.1) is 0 Å². The lowest BCUT2D eigenvalue weighted by Gasteiger charge is -2.09. The number of carboxylic acid groups (broad SMARTS) is 1. The summed E-state index contributed by atoms with van der Waals surface area (Å²) in [6, 6.07) is 11.7. The van der Waals surface area contributed by atoms with Gasteiger partial charge in [0, 0.05) is 23.3 Å². The van der Waals surface area contributed by atoms with Gasteiger partial charge in [-0.3, -0.25) is 15.3 Å². The maximum absolute atomic E-state index is 12.1. The van der Waals surface area contributed by atoms with Gasteiger partial charge in [0.1, 0.15) is 16.9 Å². The number of hydrogen-bond acceptors (Lipinski definition) is 6. The Labute approximate surface area is 175 Å². The number of aromatic carboxylic acids is 1. The van der Waals surface area contributed by atoms with Crippen molar-refractivity contribution >= 4 is 40.3 Å². The summed E-state index contributed by atoms with van der Waals surface area (Å²) in [6.45, 7) is -0.135. The van der Waals surface area contributed by atoms with E-state index < -0.39 is 12.1 Å². The zero-order valence-corrected chi connectivity index (χ0v) is 16.1. The van der Waals surface area contributed by atoms with Crippen molar-refractivity contribution in [2.45, 2.75) is 6.61 Å². The molecule has 0 aliphatic carbocycles. The Morgan fingerprint density at radius 1 is 1.17 bits per heavy atom. The highest BCUT2D eigenvalue weighted by atomic mass is 35.5. The number of anilines is 1. The van der Waals surface area contributed by atoms with Gasteiger partial charge in [0.2, 0.25) is 0 Å². The number of carbonyl (C=O) groups is 2. The van der Waals surface area contributed by atoms with Crippen LogP contribution in [0.1, 0.15) is 16.1 Å². The van der Waals surface area contributed by atoms with Gasteiger partial charge < -0.3 is 14.3 Å². The highest BCUT2D eigenvalue weighted by molar-refractivity contribution is 6.34. The van der Waals surface area contributed by atoms with E-state index in [1.807, 2.05) is 12.1 Å². The molecule has 9 heteroatoms. The van der Waals surface area contributed by atoms with Gasteiger partial charge in [-0.15, -0.1) is 0 Å². The zero-order valence-electron chi connectivity index (χ0n) is 15.3. The summed E-state index contributed by atoms with van der Waals surface area (Å²) in [5, 5.41) is 12.5. The third kappa shape index (κ3) is 4.08. The molecule has 2 heterocycles. The monoisotopic (exact) mass is 423 g/mol. The first-order valence-electron chi connectivity index (χ1n) is 8.76. The fraction of sp³-hybridized carbons (Fsp3) is 0.0476. The number of hydrogen-bond donors (Lipinski definition) is 2. The molecule has 4 rings (SSSR count). The molecule has 4 aromatic rings. The van der Waals surface area contributed by atoms with E-state index in [0.717, 1.165) is 16.6 Å². The van der Waals surface area contributed by atoms with E-state index >= 15 is 0 Å². The first-order chi connectivity index (χ1) is 14.5. The number of benzene rings is 2. The average molecular weight is 424 g/mol. The van der Waals surface area contributed by atoms with Crippen LogP contribution >= 0.6 is 11.6 Å². The molecule has 2 N–H and O–H groups in total. The Hall–Kier alpha value is -3.91. The highest BCUT2D eigenvalue weighted by Gasteiger charge is 2.17. The molecule has 0 aliphatic heterocycles. The summed E-state index contributed by atoms with van der Waals surface area (Å²) < 4.78 is 10.8. The van der Waals surface area contributed by atoms with Gasteiger partial charge in [0.05, 0.1) is 22.6 Å². The van der Waals surface area contributed by atoms with Crippen molar-refractivity contribution in [2.24, 2.45) is 0 Å². The summed E-state index contributed by atoms with van der Waals surface area (Å²) in [4.78, 5) is 31.8. The van der Waals surface area contributed by atoms with Crippen molar-refractivity contribution in [1.82, 2.24) is 9.97 Å². The van der Waals surface area contributed by atoms with E-state index in [1.165, 1.54) is 18.2 Å². The number of nitrogens with one attached hydrogen (secondary N) is 1. The van der Waals surface area contributed by atoms with Crippen molar-refractivity contribution in [2.75, 3.05) is 5.32 Å². The molecule has 2 aromatic heterocycles. The minimum Gasteiger partial charge on any atom is -0.478 e. The van der Waals surface area contributed by atoms with Crippen LogP contribution in [0.2, 0.25) is 5.02 Å². The fourth-order valence-corrected chi connectivity index (χ4v) is 3.16. The molecule has 0 saturated carbocycles. The van der Waals surface area contributed by atoms with E-state index in [0.29, 0.717) is 11.3 Å². The van der Waals surface area contributed by atoms with Crippen molar-refractivity contribution in [3.63, 3.8) is 0 Å². The third-order valence-corrected chi connectivity index (χ3v) is 4.55. The number of carbonyl (C=O) groups excluding carboxylic acids is 1. The maximum Gasteiger partial charge on any atom is 0.412 e. The van der Waals surface area contributed by atoms with Crippen LogP contribution in [0.5, 0.6) is 0 Å². The van der Waals surface area contributed by atoms with E-state index in [-0.39, 0.29) is 22.9 Å². The first-order valence-corrected chi connectivity index (χ1v) is 9.13. The molecule has 0 spiro atoms. The van der Waals surface area contributed by atoms with Crippen LogP contribution in [0.4, 0.5) is 10.5 Å². The van der Waals surface area contributed by atoms with Crippen molar-refractivity contribution in [1.29, 1.82) is 0 Å². The van der Waals surface area contributed by atoms with Gasteiger partial charge >= 0.3 is 12.1 Å². The number of rotatable bonds is 5. The molecule has 2 aromatic carbocycles. The Morgan fingerprint density at radius 3 is 2.80 bits per heavy atom. The molecule has 0 atom stereocenters. The van der Waals surface area contributed by atoms with E-state index in [4.69, 9.17) is 20.8 Å². The molecular weight excluding hydrogens is 410 g/mol. The average Bonchev–Trinajstić information content (AvgIpc) is 3.15. The molecule has 0 unspecified atom stereocenters. The van der Waals surface area contributed by atoms with Gasteiger partial charge in [0.15, 0.2) is 6.61 Å². The minimum absolute atomic E-state index is 0.0106. The fourth-order valence-electron chi connectivity index (χ4n) is 2.91. The van der Waals surface area contributed by atoms with E-state index in [1.54, 1.807) is 30.7 Å². The summed E-state index contributed by atoms with van der Waals surface area (Å²) >= 11 is 5.89. The van der Waals surface area contributed by atoms with Gasteiger partial charge in [-0.25, -0.2) is 9.59 Å². The number of nitrogens with zero attached hydrogens (tertiary/aromatic N) is 2. The van der Waals surface area contributed by atoms with Crippen LogP contribution in [0.3, 0.4) is 0 Å². The van der Waals surface area contributed by atoms with Gasteiger partial charge in [0.25, 0.3) is 0 Å². The molecule has 0 bridgehead atoms. The smallest absolute Gasteiger partial charge is 0.412 e. The number of ether oxygens (including phenoxy) is 1. The van der Waals surface area contributed by atoms with Gasteiger partial charge in [-0.05, 0) is 36.4 Å². The predicted octanol–water partition coefficient (Wildman–Crippen LogP) is 4.99. The van der Waals surface area contributed by atoms with E-state index in [9.17, 15) is 14.7 Å². The largest absolute Gasteiger partial charge is 0.478 e. The first kappa shape index (κ1) is 19.4. The molecule has 0 fully saturated rings. The predicted molar refractivity (Wildman–Crippen MR) is 109 cm³/mol. The normalized spacial score (nSPS) is 10.7. The lowest BCUT2D eigenvalue weighted by Crippen LogP contribution is -2.16. The van der Waals surface area contributed by atoms with Crippen molar-refractivity contribution < 1.29 is 23.8 Å². The van der Waals surface area contributed by atoms with Gasteiger partial charge in [-0.2, -0.15) is 0 Å². The quantitative estimate of drug-likeness (QED) is 0.464. The molecule has 1 amide bonds. The second kappa shape index (κ2) is 8.22. The SMILES string of the molecule is O=C(Nc1cccc(Cl)c1C(=O)O)OCc1cc2cc(-c3cnccn3)ccc2o1. The molecule has 0 radical (unpaired) electrons. The number of amides is 1. The number of aromatic nitrogens is 2. The van der Waals surface area contributed by atoms with Crippen LogP contribution in [0.15, 0.2) is 65.5 Å². The number of furan rings is 1. The summed E-state index contributed by atoms with van der Waals surface area (Å²) in [5.74, 6) is -0.826. The van der Waals surface area contributed by atoms with Gasteiger partial charge in [-0.1, -0.05) is 17.7 Å². The summed E-state index contributed by atoms with van der Waals surface area (Å²) in [5.41, 5.74) is 2.07. The highest BCUT2D eigenvalue weighted by Crippen LogP contribution is 2.27. The molecule has 30 heavy (non-hydrogen) atoms. The topological polar surface area (TPSA) is 115 Å². The van der Waals surface area contributed by atoms with Crippen LogP contribution in [-0.4, -0.2) is 27.1 Å². The van der Waals surface area contributed by atoms with Crippen LogP contribution in [0.25, 0.3) is 22.2 Å². The zero-order chi connectivity index (χ0) is 21.1. The van der Waals surface area contributed by atoms with Crippen molar-refractivity contribution in [3.05, 3.63) is 77.4 Å². The standard InChI is InChI=1S/C21H14ClN3O5/c22-15-2-1-3-16(19(15)20(26)27)25-21(28)29-11-14-9-13-8-12(4-5-18(13)30-14)17-10-23-6-7-24-17/h1-10H,11H2,(H,25,28)(H,26,27). The molecule has 0 aliphatic rings. The maximum atomic E-state index is 12.1. The second-order valence-electron chi connectivity index (χ2n) is 6.22. The molecular formula is C21H14ClN3O5. The lowest BCUT2D eigenvalue weighted by atomic mass is 10.1. The van der Waals surface area contributed by atoms with E-state index in [2.05, 4.69) is 15.3 Å². The van der Waals surface area contributed by atoms with Crippen LogP contribution < -0.4 is 5.32 Å². The molecule has 0 saturated heterocycles. The minimum atomic E-state index is -1.26.